The standard InChI is InChI=1S/C31H26N2/c1-32(28-14-6-9-21-8-2-3-11-24(21)28)23-17-19-31-27(20-23)26-12-4-5-13-30(26)33(31)29-15-7-10-22-16-18-25(22)29/h2-15,17,19-20,22,25H,16,18H2,1H3. The van der Waals surface area contributed by atoms with Crippen molar-refractivity contribution in [3.63, 3.8) is 0 Å². The van der Waals surface area contributed by atoms with Crippen LogP contribution in [0.2, 0.25) is 0 Å². The highest BCUT2D eigenvalue weighted by Gasteiger charge is 2.35. The number of fused-ring (bicyclic) bond motifs is 5. The number of anilines is 2. The van der Waals surface area contributed by atoms with Crippen LogP contribution in [0.25, 0.3) is 38.3 Å². The average Bonchev–Trinajstić information content (AvgIpc) is 3.17. The second kappa shape index (κ2) is 7.11. The summed E-state index contributed by atoms with van der Waals surface area (Å²) >= 11 is 0. The molecule has 0 spiro atoms. The highest BCUT2D eigenvalue weighted by Crippen LogP contribution is 2.47. The third-order valence-electron chi connectivity index (χ3n) is 7.76. The summed E-state index contributed by atoms with van der Waals surface area (Å²) in [5.74, 6) is 1.35. The Labute approximate surface area is 194 Å². The summed E-state index contributed by atoms with van der Waals surface area (Å²) in [6.45, 7) is 0. The van der Waals surface area contributed by atoms with Gasteiger partial charge in [-0.1, -0.05) is 66.7 Å². The predicted octanol–water partition coefficient (Wildman–Crippen LogP) is 8.15. The minimum Gasteiger partial charge on any atom is -0.344 e. The zero-order valence-electron chi connectivity index (χ0n) is 18.8. The van der Waals surface area contributed by atoms with Gasteiger partial charge in [-0.15, -0.1) is 0 Å². The molecule has 160 valence electrons. The van der Waals surface area contributed by atoms with Crippen molar-refractivity contribution in [1.82, 2.24) is 4.57 Å². The summed E-state index contributed by atoms with van der Waals surface area (Å²) in [6, 6.07) is 31.0. The normalized spacial score (nSPS) is 19.5. The van der Waals surface area contributed by atoms with Crippen molar-refractivity contribution >= 4 is 49.7 Å². The third-order valence-corrected chi connectivity index (χ3v) is 7.76. The lowest BCUT2D eigenvalue weighted by Crippen LogP contribution is -2.29. The van der Waals surface area contributed by atoms with E-state index in [-0.39, 0.29) is 0 Å². The Bertz CT molecular complexity index is 1590. The Morgan fingerprint density at radius 3 is 2.42 bits per heavy atom. The first-order valence-corrected chi connectivity index (χ1v) is 11.9. The lowest BCUT2D eigenvalue weighted by Gasteiger charge is -2.39. The summed E-state index contributed by atoms with van der Waals surface area (Å²) in [7, 11) is 2.18. The van der Waals surface area contributed by atoms with Crippen LogP contribution in [0.4, 0.5) is 11.4 Å². The van der Waals surface area contributed by atoms with E-state index in [1.807, 2.05) is 0 Å². The summed E-state index contributed by atoms with van der Waals surface area (Å²) in [6.07, 6.45) is 9.59. The van der Waals surface area contributed by atoms with Gasteiger partial charge >= 0.3 is 0 Å². The van der Waals surface area contributed by atoms with Gasteiger partial charge in [-0.2, -0.15) is 0 Å². The molecule has 0 saturated heterocycles. The number of para-hydroxylation sites is 1. The zero-order valence-corrected chi connectivity index (χ0v) is 18.8. The number of aromatic nitrogens is 1. The van der Waals surface area contributed by atoms with E-state index in [1.165, 1.54) is 62.5 Å². The summed E-state index contributed by atoms with van der Waals surface area (Å²) in [5, 5.41) is 5.19. The molecule has 0 aliphatic heterocycles. The molecular formula is C31H26N2. The molecule has 4 aromatic carbocycles. The quantitative estimate of drug-likeness (QED) is 0.282. The molecule has 0 amide bonds. The number of rotatable bonds is 3. The fourth-order valence-electron chi connectivity index (χ4n) is 5.87. The van der Waals surface area contributed by atoms with E-state index in [1.54, 1.807) is 0 Å². The molecule has 1 fully saturated rings. The van der Waals surface area contributed by atoms with Crippen LogP contribution in [-0.4, -0.2) is 11.6 Å². The Kier molecular flexibility index (Phi) is 4.04. The third kappa shape index (κ3) is 2.74. The fourth-order valence-corrected chi connectivity index (χ4v) is 5.87. The molecule has 2 nitrogen and oxygen atoms in total. The molecule has 0 N–H and O–H groups in total. The molecule has 2 atom stereocenters. The van der Waals surface area contributed by atoms with Gasteiger partial charge in [-0.25, -0.2) is 0 Å². The van der Waals surface area contributed by atoms with Crippen LogP contribution in [0.5, 0.6) is 0 Å². The van der Waals surface area contributed by atoms with Crippen molar-refractivity contribution in [3.05, 3.63) is 103 Å². The predicted molar refractivity (Wildman–Crippen MR) is 141 cm³/mol. The molecule has 2 aliphatic rings. The van der Waals surface area contributed by atoms with E-state index >= 15 is 0 Å². The van der Waals surface area contributed by atoms with Gasteiger partial charge in [0, 0.05) is 46.2 Å². The maximum atomic E-state index is 2.52. The van der Waals surface area contributed by atoms with Crippen molar-refractivity contribution in [2.24, 2.45) is 11.8 Å². The van der Waals surface area contributed by atoms with E-state index in [0.29, 0.717) is 11.8 Å². The van der Waals surface area contributed by atoms with Gasteiger partial charge in [0.05, 0.1) is 11.0 Å². The first kappa shape index (κ1) is 18.8. The average molecular weight is 427 g/mol. The molecule has 2 aliphatic carbocycles. The number of hydrogen-bond donors (Lipinski definition) is 0. The minimum absolute atomic E-state index is 0.645. The van der Waals surface area contributed by atoms with E-state index in [2.05, 4.69) is 120 Å². The Morgan fingerprint density at radius 2 is 1.55 bits per heavy atom. The highest BCUT2D eigenvalue weighted by atomic mass is 15.1. The van der Waals surface area contributed by atoms with Crippen molar-refractivity contribution in [3.8, 4) is 0 Å². The van der Waals surface area contributed by atoms with Gasteiger partial charge in [-0.05, 0) is 60.6 Å². The lowest BCUT2D eigenvalue weighted by atomic mass is 9.69. The summed E-state index contributed by atoms with van der Waals surface area (Å²) in [4.78, 5) is 2.32. The second-order valence-corrected chi connectivity index (χ2v) is 9.44. The monoisotopic (exact) mass is 426 g/mol. The van der Waals surface area contributed by atoms with Crippen LogP contribution in [0.1, 0.15) is 12.8 Å². The van der Waals surface area contributed by atoms with Gasteiger partial charge in [-0.3, -0.25) is 0 Å². The second-order valence-electron chi connectivity index (χ2n) is 9.44. The Morgan fingerprint density at radius 1 is 0.758 bits per heavy atom. The van der Waals surface area contributed by atoms with Crippen molar-refractivity contribution in [2.45, 2.75) is 12.8 Å². The van der Waals surface area contributed by atoms with E-state index < -0.39 is 0 Å². The molecule has 7 rings (SSSR count). The van der Waals surface area contributed by atoms with Crippen LogP contribution in [0, 0.1) is 11.8 Å². The SMILES string of the molecule is CN(c1ccc2c(c1)c1ccccc1n2C1=CC=CC2CCC12)c1cccc2ccccc12. The molecule has 5 aromatic rings. The van der Waals surface area contributed by atoms with Gasteiger partial charge < -0.3 is 9.47 Å². The summed E-state index contributed by atoms with van der Waals surface area (Å²) < 4.78 is 2.52. The molecule has 0 radical (unpaired) electrons. The van der Waals surface area contributed by atoms with Crippen LogP contribution in [-0.2, 0) is 0 Å². The summed E-state index contributed by atoms with van der Waals surface area (Å²) in [5.41, 5.74) is 6.51. The maximum absolute atomic E-state index is 2.52. The molecular weight excluding hydrogens is 400 g/mol. The topological polar surface area (TPSA) is 8.17 Å². The van der Waals surface area contributed by atoms with Gasteiger partial charge in [0.2, 0.25) is 0 Å². The van der Waals surface area contributed by atoms with Crippen molar-refractivity contribution in [1.29, 1.82) is 0 Å². The largest absolute Gasteiger partial charge is 0.344 e. The smallest absolute Gasteiger partial charge is 0.0539 e. The maximum Gasteiger partial charge on any atom is 0.0539 e. The van der Waals surface area contributed by atoms with Crippen LogP contribution in [0.15, 0.2) is 103 Å². The van der Waals surface area contributed by atoms with Crippen LogP contribution < -0.4 is 4.90 Å². The molecule has 1 aromatic heterocycles. The number of nitrogens with zero attached hydrogens (tertiary/aromatic N) is 2. The molecule has 1 heterocycles. The van der Waals surface area contributed by atoms with Gasteiger partial charge in [0.15, 0.2) is 0 Å². The number of hydrogen-bond acceptors (Lipinski definition) is 1. The fraction of sp³-hybridized carbons (Fsp3) is 0.161. The van der Waals surface area contributed by atoms with E-state index in [0.717, 1.165) is 0 Å². The van der Waals surface area contributed by atoms with Crippen LogP contribution >= 0.6 is 0 Å². The molecule has 33 heavy (non-hydrogen) atoms. The number of benzene rings is 4. The molecule has 2 unspecified atom stereocenters. The van der Waals surface area contributed by atoms with E-state index in [4.69, 9.17) is 0 Å². The van der Waals surface area contributed by atoms with Crippen LogP contribution in [0.3, 0.4) is 0 Å². The van der Waals surface area contributed by atoms with Gasteiger partial charge in [0.1, 0.15) is 0 Å². The minimum atomic E-state index is 0.645. The van der Waals surface area contributed by atoms with Crippen molar-refractivity contribution < 1.29 is 0 Å². The first-order chi connectivity index (χ1) is 16.3. The Balaban J connectivity index is 1.42. The van der Waals surface area contributed by atoms with E-state index in [9.17, 15) is 0 Å². The van der Waals surface area contributed by atoms with Gasteiger partial charge in [0.25, 0.3) is 0 Å². The molecule has 1 saturated carbocycles. The lowest BCUT2D eigenvalue weighted by molar-refractivity contribution is 0.287. The Hall–Kier alpha value is -3.78. The molecule has 2 heteroatoms. The molecule has 0 bridgehead atoms. The zero-order chi connectivity index (χ0) is 21.9. The van der Waals surface area contributed by atoms with Crippen molar-refractivity contribution in [2.75, 3.05) is 11.9 Å². The highest BCUT2D eigenvalue weighted by molar-refractivity contribution is 6.11. The number of allylic oxidation sites excluding steroid dienone is 4. The first-order valence-electron chi connectivity index (χ1n) is 11.9.